The minimum Gasteiger partial charge on any atom is -0.309 e. The van der Waals surface area contributed by atoms with Crippen molar-refractivity contribution in [3.05, 3.63) is 194 Å². The second-order valence-corrected chi connectivity index (χ2v) is 15.1. The molecule has 0 bridgehead atoms. The van der Waals surface area contributed by atoms with Crippen LogP contribution in [-0.4, -0.2) is 19.5 Å². The van der Waals surface area contributed by atoms with E-state index in [-0.39, 0.29) is 0 Å². The van der Waals surface area contributed by atoms with Crippen molar-refractivity contribution in [3.63, 3.8) is 0 Å². The van der Waals surface area contributed by atoms with E-state index in [4.69, 9.17) is 15.0 Å². The highest BCUT2D eigenvalue weighted by atomic mass is 32.1. The van der Waals surface area contributed by atoms with Gasteiger partial charge in [0.1, 0.15) is 0 Å². The molecule has 11 rings (SSSR count). The largest absolute Gasteiger partial charge is 0.309 e. The lowest BCUT2D eigenvalue weighted by molar-refractivity contribution is 1.08. The highest BCUT2D eigenvalue weighted by Gasteiger charge is 2.19. The van der Waals surface area contributed by atoms with Crippen LogP contribution in [0.4, 0.5) is 0 Å². The monoisotopic (exact) mass is 732 g/mol. The molecule has 3 heterocycles. The lowest BCUT2D eigenvalue weighted by atomic mass is 9.98. The van der Waals surface area contributed by atoms with E-state index in [2.05, 4.69) is 162 Å². The Labute approximate surface area is 327 Å². The van der Waals surface area contributed by atoms with E-state index in [1.165, 1.54) is 58.8 Å². The van der Waals surface area contributed by atoms with Gasteiger partial charge in [0.15, 0.2) is 17.5 Å². The van der Waals surface area contributed by atoms with Gasteiger partial charge in [-0.05, 0) is 70.8 Å². The van der Waals surface area contributed by atoms with Crippen LogP contribution in [0.25, 0.3) is 104 Å². The Balaban J connectivity index is 1.09. The molecule has 0 saturated carbocycles. The molecule has 5 heteroatoms. The fourth-order valence-corrected chi connectivity index (χ4v) is 9.12. The Morgan fingerprint density at radius 1 is 0.339 bits per heavy atom. The van der Waals surface area contributed by atoms with E-state index < -0.39 is 0 Å². The van der Waals surface area contributed by atoms with Crippen LogP contribution in [0.3, 0.4) is 0 Å². The molecular weight excluding hydrogens is 701 g/mol. The molecule has 11 aromatic rings. The van der Waals surface area contributed by atoms with Crippen LogP contribution in [0.2, 0.25) is 0 Å². The normalized spacial score (nSPS) is 11.6. The second kappa shape index (κ2) is 13.3. The number of benzene rings is 8. The van der Waals surface area contributed by atoms with Crippen LogP contribution < -0.4 is 0 Å². The maximum absolute atomic E-state index is 5.12. The molecule has 0 spiro atoms. The highest BCUT2D eigenvalue weighted by Crippen LogP contribution is 2.42. The summed E-state index contributed by atoms with van der Waals surface area (Å²) in [6, 6.07) is 68.7. The minimum absolute atomic E-state index is 0.656. The van der Waals surface area contributed by atoms with Gasteiger partial charge >= 0.3 is 0 Å². The molecular formula is C51H32N4S. The van der Waals surface area contributed by atoms with Gasteiger partial charge in [0.05, 0.1) is 11.0 Å². The number of para-hydroxylation sites is 1. The van der Waals surface area contributed by atoms with Crippen molar-refractivity contribution in [3.8, 4) is 62.1 Å². The summed E-state index contributed by atoms with van der Waals surface area (Å²) in [5.41, 5.74) is 11.2. The number of nitrogens with zero attached hydrogens (tertiary/aromatic N) is 4. The van der Waals surface area contributed by atoms with Gasteiger partial charge < -0.3 is 4.57 Å². The maximum Gasteiger partial charge on any atom is 0.164 e. The average Bonchev–Trinajstić information content (AvgIpc) is 3.82. The van der Waals surface area contributed by atoms with Crippen molar-refractivity contribution in [1.82, 2.24) is 19.5 Å². The molecule has 3 aromatic heterocycles. The van der Waals surface area contributed by atoms with Crippen molar-refractivity contribution in [2.45, 2.75) is 0 Å². The lowest BCUT2D eigenvalue weighted by Gasteiger charge is -2.11. The van der Waals surface area contributed by atoms with Crippen LogP contribution in [0.15, 0.2) is 194 Å². The number of aromatic nitrogens is 4. The van der Waals surface area contributed by atoms with Crippen molar-refractivity contribution < 1.29 is 0 Å². The van der Waals surface area contributed by atoms with Gasteiger partial charge in [0.2, 0.25) is 0 Å². The molecule has 8 aromatic carbocycles. The molecule has 262 valence electrons. The fraction of sp³-hybridized carbons (Fsp3) is 0. The molecule has 0 radical (unpaired) electrons. The molecule has 0 N–H and O–H groups in total. The number of fused-ring (bicyclic) bond motifs is 6. The Bertz CT molecular complexity index is 3180. The summed E-state index contributed by atoms with van der Waals surface area (Å²) in [7, 11) is 0. The second-order valence-electron chi connectivity index (χ2n) is 14.0. The summed E-state index contributed by atoms with van der Waals surface area (Å²) < 4.78 is 4.82. The zero-order valence-corrected chi connectivity index (χ0v) is 31.0. The van der Waals surface area contributed by atoms with Crippen LogP contribution >= 0.6 is 11.3 Å². The van der Waals surface area contributed by atoms with Gasteiger partial charge in [0.25, 0.3) is 0 Å². The summed E-state index contributed by atoms with van der Waals surface area (Å²) in [6.07, 6.45) is 0. The zero-order chi connectivity index (χ0) is 37.0. The lowest BCUT2D eigenvalue weighted by Crippen LogP contribution is -2.00. The van der Waals surface area contributed by atoms with Crippen LogP contribution in [0.1, 0.15) is 0 Å². The highest BCUT2D eigenvalue weighted by molar-refractivity contribution is 7.26. The Morgan fingerprint density at radius 2 is 0.911 bits per heavy atom. The summed E-state index contributed by atoms with van der Waals surface area (Å²) in [5.74, 6) is 1.97. The van der Waals surface area contributed by atoms with Gasteiger partial charge in [-0.3, -0.25) is 0 Å². The van der Waals surface area contributed by atoms with E-state index in [1.54, 1.807) is 11.3 Å². The summed E-state index contributed by atoms with van der Waals surface area (Å²) in [5, 5.41) is 4.79. The standard InChI is InChI=1S/C51H32N4S/c1-4-14-33(15-5-1)36-20-12-21-37(30-36)38-26-28-45-42(31-38)40-22-10-11-24-44(40)55(45)39-27-29-46-43(32-39)48-41(23-13-25-47(48)56-46)51-53-49(34-16-6-2-7-17-34)52-50(54-51)35-18-8-3-9-19-35/h1-32H. The Hall–Kier alpha value is -7.21. The smallest absolute Gasteiger partial charge is 0.164 e. The van der Waals surface area contributed by atoms with E-state index in [1.807, 2.05) is 36.4 Å². The number of hydrogen-bond acceptors (Lipinski definition) is 4. The predicted molar refractivity (Wildman–Crippen MR) is 234 cm³/mol. The molecule has 0 aliphatic carbocycles. The topological polar surface area (TPSA) is 43.6 Å². The third kappa shape index (κ3) is 5.48. The first-order chi connectivity index (χ1) is 27.7. The fourth-order valence-electron chi connectivity index (χ4n) is 8.01. The van der Waals surface area contributed by atoms with E-state index in [0.29, 0.717) is 17.5 Å². The summed E-state index contributed by atoms with van der Waals surface area (Å²) in [4.78, 5) is 15.2. The van der Waals surface area contributed by atoms with E-state index >= 15 is 0 Å². The third-order valence-corrected chi connectivity index (χ3v) is 11.8. The maximum atomic E-state index is 5.12. The first kappa shape index (κ1) is 32.2. The molecule has 0 fully saturated rings. The minimum atomic E-state index is 0.656. The molecule has 56 heavy (non-hydrogen) atoms. The third-order valence-electron chi connectivity index (χ3n) is 10.7. The average molecular weight is 733 g/mol. The molecule has 0 amide bonds. The van der Waals surface area contributed by atoms with Crippen LogP contribution in [0, 0.1) is 0 Å². The Morgan fingerprint density at radius 3 is 1.64 bits per heavy atom. The summed E-state index contributed by atoms with van der Waals surface area (Å²) in [6.45, 7) is 0. The van der Waals surface area contributed by atoms with Gasteiger partial charge in [-0.1, -0.05) is 146 Å². The van der Waals surface area contributed by atoms with Crippen molar-refractivity contribution in [2.24, 2.45) is 0 Å². The van der Waals surface area contributed by atoms with Gasteiger partial charge in [-0.15, -0.1) is 11.3 Å². The molecule has 4 nitrogen and oxygen atoms in total. The number of hydrogen-bond donors (Lipinski definition) is 0. The molecule has 0 aliphatic heterocycles. The quantitative estimate of drug-likeness (QED) is 0.171. The first-order valence-electron chi connectivity index (χ1n) is 18.8. The van der Waals surface area contributed by atoms with Gasteiger partial charge in [-0.2, -0.15) is 0 Å². The molecule has 0 aliphatic rings. The van der Waals surface area contributed by atoms with Crippen molar-refractivity contribution >= 4 is 53.3 Å². The molecule has 0 unspecified atom stereocenters. The predicted octanol–water partition coefficient (Wildman–Crippen LogP) is 13.7. The first-order valence-corrected chi connectivity index (χ1v) is 19.6. The van der Waals surface area contributed by atoms with E-state index in [0.717, 1.165) is 27.8 Å². The SMILES string of the molecule is c1ccc(-c2cccc(-c3ccc4c(c3)c3ccccc3n4-c3ccc4sc5cccc(-c6nc(-c7ccccc7)nc(-c7ccccc7)n6)c5c4c3)c2)cc1. The van der Waals surface area contributed by atoms with Crippen molar-refractivity contribution in [2.75, 3.05) is 0 Å². The van der Waals surface area contributed by atoms with Gasteiger partial charge in [0, 0.05) is 53.3 Å². The van der Waals surface area contributed by atoms with Gasteiger partial charge in [-0.25, -0.2) is 15.0 Å². The molecule has 0 saturated heterocycles. The van der Waals surface area contributed by atoms with E-state index in [9.17, 15) is 0 Å². The van der Waals surface area contributed by atoms with Crippen molar-refractivity contribution in [1.29, 1.82) is 0 Å². The van der Waals surface area contributed by atoms with Crippen LogP contribution in [0.5, 0.6) is 0 Å². The van der Waals surface area contributed by atoms with Crippen LogP contribution in [-0.2, 0) is 0 Å². The number of rotatable bonds is 6. The summed E-state index contributed by atoms with van der Waals surface area (Å²) >= 11 is 1.80. The number of thiophene rings is 1. The Kier molecular flexibility index (Phi) is 7.64. The molecule has 0 atom stereocenters. The zero-order valence-electron chi connectivity index (χ0n) is 30.2.